The van der Waals surface area contributed by atoms with E-state index in [0.29, 0.717) is 24.1 Å². The van der Waals surface area contributed by atoms with Gasteiger partial charge in [-0.05, 0) is 36.9 Å². The van der Waals surface area contributed by atoms with Crippen LogP contribution in [-0.2, 0) is 16.6 Å². The van der Waals surface area contributed by atoms with Crippen LogP contribution < -0.4 is 10.0 Å². The zero-order valence-electron chi connectivity index (χ0n) is 12.3. The van der Waals surface area contributed by atoms with Crippen LogP contribution >= 0.6 is 0 Å². The number of furan rings is 1. The van der Waals surface area contributed by atoms with Gasteiger partial charge < -0.3 is 9.73 Å². The molecule has 2 N–H and O–H groups in total. The SMILES string of the molecule is CCC1CC1NS(=O)(=O)c1ccc(CNCC(C)C)o1. The van der Waals surface area contributed by atoms with Gasteiger partial charge in [0.2, 0.25) is 5.09 Å². The molecule has 6 heteroatoms. The van der Waals surface area contributed by atoms with Crippen LogP contribution in [0.25, 0.3) is 0 Å². The van der Waals surface area contributed by atoms with Crippen molar-refractivity contribution in [3.8, 4) is 0 Å². The fourth-order valence-electron chi connectivity index (χ4n) is 2.18. The molecule has 0 radical (unpaired) electrons. The van der Waals surface area contributed by atoms with Gasteiger partial charge in [0.05, 0.1) is 6.54 Å². The minimum absolute atomic E-state index is 0.0144. The summed E-state index contributed by atoms with van der Waals surface area (Å²) in [5, 5.41) is 3.24. The van der Waals surface area contributed by atoms with Gasteiger partial charge in [-0.25, -0.2) is 13.1 Å². The molecular formula is C14H24N2O3S. The molecule has 20 heavy (non-hydrogen) atoms. The number of nitrogens with one attached hydrogen (secondary N) is 2. The minimum atomic E-state index is -3.51. The minimum Gasteiger partial charge on any atom is -0.447 e. The van der Waals surface area contributed by atoms with E-state index in [0.717, 1.165) is 19.4 Å². The van der Waals surface area contributed by atoms with Crippen molar-refractivity contribution in [1.82, 2.24) is 10.0 Å². The zero-order chi connectivity index (χ0) is 14.8. The predicted octanol–water partition coefficient (Wildman–Crippen LogP) is 2.10. The van der Waals surface area contributed by atoms with Crippen molar-refractivity contribution in [2.45, 2.75) is 51.3 Å². The van der Waals surface area contributed by atoms with Gasteiger partial charge in [-0.1, -0.05) is 27.2 Å². The second kappa shape index (κ2) is 6.28. The fraction of sp³-hybridized carbons (Fsp3) is 0.714. The Balaban J connectivity index is 1.90. The van der Waals surface area contributed by atoms with Gasteiger partial charge in [0.15, 0.2) is 0 Å². The summed E-state index contributed by atoms with van der Waals surface area (Å²) < 4.78 is 32.3. The van der Waals surface area contributed by atoms with Crippen molar-refractivity contribution in [3.05, 3.63) is 17.9 Å². The number of hydrogen-bond donors (Lipinski definition) is 2. The van der Waals surface area contributed by atoms with Gasteiger partial charge in [0.25, 0.3) is 10.0 Å². The van der Waals surface area contributed by atoms with Crippen LogP contribution in [0.15, 0.2) is 21.6 Å². The first kappa shape index (κ1) is 15.5. The highest BCUT2D eigenvalue weighted by molar-refractivity contribution is 7.89. The largest absolute Gasteiger partial charge is 0.447 e. The van der Waals surface area contributed by atoms with E-state index in [2.05, 4.69) is 30.8 Å². The summed E-state index contributed by atoms with van der Waals surface area (Å²) in [6.45, 7) is 7.74. The van der Waals surface area contributed by atoms with Crippen LogP contribution in [0.1, 0.15) is 39.4 Å². The Bertz CT molecular complexity index is 536. The van der Waals surface area contributed by atoms with E-state index >= 15 is 0 Å². The molecule has 5 nitrogen and oxygen atoms in total. The molecule has 0 spiro atoms. The highest BCUT2D eigenvalue weighted by Gasteiger charge is 2.39. The average molecular weight is 300 g/mol. The van der Waals surface area contributed by atoms with Crippen LogP contribution in [0.5, 0.6) is 0 Å². The number of sulfonamides is 1. The molecule has 1 fully saturated rings. The molecule has 0 aromatic carbocycles. The summed E-state index contributed by atoms with van der Waals surface area (Å²) in [6, 6.07) is 3.32. The van der Waals surface area contributed by atoms with E-state index in [1.54, 1.807) is 6.07 Å². The van der Waals surface area contributed by atoms with Crippen molar-refractivity contribution >= 4 is 10.0 Å². The molecule has 2 rings (SSSR count). The van der Waals surface area contributed by atoms with E-state index < -0.39 is 10.0 Å². The average Bonchev–Trinajstić information content (AvgIpc) is 2.91. The molecule has 2 atom stereocenters. The van der Waals surface area contributed by atoms with Gasteiger partial charge in [-0.3, -0.25) is 0 Å². The van der Waals surface area contributed by atoms with Crippen LogP contribution in [0, 0.1) is 11.8 Å². The maximum Gasteiger partial charge on any atom is 0.274 e. The third-order valence-corrected chi connectivity index (χ3v) is 4.87. The normalized spacial score (nSPS) is 22.4. The standard InChI is InChI=1S/C14H24N2O3S/c1-4-11-7-13(11)16-20(17,18)14-6-5-12(19-14)9-15-8-10(2)3/h5-6,10-11,13,15-16H,4,7-9H2,1-3H3. The first-order valence-corrected chi connectivity index (χ1v) is 8.72. The maximum absolute atomic E-state index is 12.1. The monoisotopic (exact) mass is 300 g/mol. The Labute approximate surface area is 121 Å². The molecule has 1 aromatic rings. The molecule has 1 aliphatic carbocycles. The topological polar surface area (TPSA) is 71.3 Å². The lowest BCUT2D eigenvalue weighted by molar-refractivity contribution is 0.394. The first-order chi connectivity index (χ1) is 9.42. The third kappa shape index (κ3) is 4.07. The van der Waals surface area contributed by atoms with E-state index in [1.807, 2.05) is 0 Å². The molecule has 1 aromatic heterocycles. The summed E-state index contributed by atoms with van der Waals surface area (Å²) in [5.74, 6) is 1.68. The van der Waals surface area contributed by atoms with E-state index in [1.165, 1.54) is 6.07 Å². The number of hydrogen-bond acceptors (Lipinski definition) is 4. The molecule has 1 saturated carbocycles. The smallest absolute Gasteiger partial charge is 0.274 e. The maximum atomic E-state index is 12.1. The van der Waals surface area contributed by atoms with Crippen LogP contribution in [0.4, 0.5) is 0 Å². The lowest BCUT2D eigenvalue weighted by Gasteiger charge is -2.05. The lowest BCUT2D eigenvalue weighted by Crippen LogP contribution is -2.26. The summed E-state index contributed by atoms with van der Waals surface area (Å²) in [7, 11) is -3.51. The Morgan fingerprint density at radius 1 is 1.40 bits per heavy atom. The molecule has 0 amide bonds. The lowest BCUT2D eigenvalue weighted by atomic mass is 10.2. The molecule has 1 heterocycles. The first-order valence-electron chi connectivity index (χ1n) is 7.24. The van der Waals surface area contributed by atoms with Crippen LogP contribution in [0.3, 0.4) is 0 Å². The van der Waals surface area contributed by atoms with E-state index in [4.69, 9.17) is 4.42 Å². The van der Waals surface area contributed by atoms with Crippen molar-refractivity contribution in [3.63, 3.8) is 0 Å². The Hall–Kier alpha value is -0.850. The van der Waals surface area contributed by atoms with Gasteiger partial charge in [0, 0.05) is 6.04 Å². The second-order valence-corrected chi connectivity index (χ2v) is 7.52. The number of rotatable bonds is 8. The molecule has 0 saturated heterocycles. The Kier molecular flexibility index (Phi) is 4.88. The van der Waals surface area contributed by atoms with Crippen molar-refractivity contribution < 1.29 is 12.8 Å². The molecule has 1 aliphatic rings. The molecule has 114 valence electrons. The fourth-order valence-corrected chi connectivity index (χ4v) is 3.45. The van der Waals surface area contributed by atoms with Crippen molar-refractivity contribution in [2.75, 3.05) is 6.54 Å². The molecular weight excluding hydrogens is 276 g/mol. The summed E-state index contributed by atoms with van der Waals surface area (Å²) >= 11 is 0. The molecule has 2 unspecified atom stereocenters. The van der Waals surface area contributed by atoms with Crippen molar-refractivity contribution in [1.29, 1.82) is 0 Å². The molecule has 0 aliphatic heterocycles. The predicted molar refractivity (Wildman–Crippen MR) is 77.8 cm³/mol. The Morgan fingerprint density at radius 3 is 2.75 bits per heavy atom. The molecule has 0 bridgehead atoms. The van der Waals surface area contributed by atoms with Crippen LogP contribution in [0.2, 0.25) is 0 Å². The Morgan fingerprint density at radius 2 is 2.15 bits per heavy atom. The van der Waals surface area contributed by atoms with Crippen molar-refractivity contribution in [2.24, 2.45) is 11.8 Å². The summed E-state index contributed by atoms with van der Waals surface area (Å²) in [4.78, 5) is 0. The van der Waals surface area contributed by atoms with Gasteiger partial charge in [-0.2, -0.15) is 0 Å². The van der Waals surface area contributed by atoms with E-state index in [9.17, 15) is 8.42 Å². The highest BCUT2D eigenvalue weighted by atomic mass is 32.2. The summed E-state index contributed by atoms with van der Waals surface area (Å²) in [6.07, 6.45) is 1.94. The van der Waals surface area contributed by atoms with Gasteiger partial charge >= 0.3 is 0 Å². The summed E-state index contributed by atoms with van der Waals surface area (Å²) in [5.41, 5.74) is 0. The third-order valence-electron chi connectivity index (χ3n) is 3.51. The quantitative estimate of drug-likeness (QED) is 0.771. The highest BCUT2D eigenvalue weighted by Crippen LogP contribution is 2.34. The van der Waals surface area contributed by atoms with Gasteiger partial charge in [-0.15, -0.1) is 0 Å². The zero-order valence-corrected chi connectivity index (χ0v) is 13.2. The van der Waals surface area contributed by atoms with E-state index in [-0.39, 0.29) is 11.1 Å². The van der Waals surface area contributed by atoms with Gasteiger partial charge in [0.1, 0.15) is 5.76 Å². The van der Waals surface area contributed by atoms with Crippen LogP contribution in [-0.4, -0.2) is 21.0 Å². The second-order valence-electron chi connectivity index (χ2n) is 5.88.